The van der Waals surface area contributed by atoms with Crippen molar-refractivity contribution in [3.63, 3.8) is 0 Å². The molecule has 0 saturated heterocycles. The molecule has 0 bridgehead atoms. The van der Waals surface area contributed by atoms with E-state index in [1.54, 1.807) is 13.8 Å². The number of hydrogen-bond donors (Lipinski definition) is 0. The highest BCUT2D eigenvalue weighted by Gasteiger charge is 2.02. The summed E-state index contributed by atoms with van der Waals surface area (Å²) in [7, 11) is 1.08. The SMILES string of the molecule is C=C(OCC)C(=O)[O-].C=C(OCC)C(=O)[O-].C[Si+2]C. The average Bonchev–Trinajstić information content (AvgIpc) is 2.31. The summed E-state index contributed by atoms with van der Waals surface area (Å²) < 4.78 is 8.89. The molecule has 0 aliphatic heterocycles. The molecule has 0 aromatic carbocycles. The third kappa shape index (κ3) is 22.0. The number of ether oxygens (including phenoxy) is 2. The van der Waals surface area contributed by atoms with Crippen molar-refractivity contribution in [1.82, 2.24) is 0 Å². The number of carboxylic acids is 2. The summed E-state index contributed by atoms with van der Waals surface area (Å²) in [4.78, 5) is 19.5. The van der Waals surface area contributed by atoms with E-state index in [0.29, 0.717) is 13.2 Å². The first-order valence-corrected chi connectivity index (χ1v) is 7.42. The van der Waals surface area contributed by atoms with Crippen LogP contribution in [0.4, 0.5) is 0 Å². The Morgan fingerprint density at radius 2 is 1.16 bits per heavy atom. The molecule has 0 amide bonds. The summed E-state index contributed by atoms with van der Waals surface area (Å²) in [6, 6.07) is 0. The molecular formula is C12H20O6Si. The van der Waals surface area contributed by atoms with Gasteiger partial charge in [0.15, 0.2) is 0 Å². The van der Waals surface area contributed by atoms with Gasteiger partial charge in [0.25, 0.3) is 0 Å². The van der Waals surface area contributed by atoms with Gasteiger partial charge in [-0.05, 0) is 13.8 Å². The molecule has 0 aromatic heterocycles. The van der Waals surface area contributed by atoms with Crippen molar-refractivity contribution in [1.29, 1.82) is 0 Å². The van der Waals surface area contributed by atoms with Crippen molar-refractivity contribution in [2.45, 2.75) is 26.9 Å². The van der Waals surface area contributed by atoms with E-state index in [0.717, 1.165) is 9.52 Å². The van der Waals surface area contributed by atoms with Gasteiger partial charge in [-0.25, -0.2) is 0 Å². The molecule has 6 nitrogen and oxygen atoms in total. The normalized spacial score (nSPS) is 7.37. The van der Waals surface area contributed by atoms with E-state index in [9.17, 15) is 19.8 Å². The lowest BCUT2D eigenvalue weighted by atomic mass is 10.6. The maximum Gasteiger partial charge on any atom is 0.895 e. The summed E-state index contributed by atoms with van der Waals surface area (Å²) in [6.45, 7) is 14.4. The minimum atomic E-state index is -1.35. The van der Waals surface area contributed by atoms with Crippen LogP contribution in [0.1, 0.15) is 13.8 Å². The molecule has 0 spiro atoms. The lowest BCUT2D eigenvalue weighted by Crippen LogP contribution is -2.25. The van der Waals surface area contributed by atoms with Crippen molar-refractivity contribution in [3.05, 3.63) is 24.7 Å². The average molecular weight is 288 g/mol. The van der Waals surface area contributed by atoms with Gasteiger partial charge in [-0.3, -0.25) is 0 Å². The molecule has 0 fully saturated rings. The lowest BCUT2D eigenvalue weighted by Gasteiger charge is -2.04. The number of hydrogen-bond acceptors (Lipinski definition) is 6. The third-order valence-corrected chi connectivity index (χ3v) is 1.09. The van der Waals surface area contributed by atoms with E-state index in [2.05, 4.69) is 35.7 Å². The minimum Gasteiger partial charge on any atom is -0.542 e. The summed E-state index contributed by atoms with van der Waals surface area (Å²) in [5.41, 5.74) is 0. The first kappa shape index (κ1) is 22.4. The molecule has 0 aliphatic carbocycles. The van der Waals surface area contributed by atoms with Crippen LogP contribution in [0.3, 0.4) is 0 Å². The zero-order valence-electron chi connectivity index (χ0n) is 11.8. The van der Waals surface area contributed by atoms with Crippen LogP contribution in [0.5, 0.6) is 0 Å². The Morgan fingerprint density at radius 1 is 0.947 bits per heavy atom. The molecule has 0 rings (SSSR count). The lowest BCUT2D eigenvalue weighted by molar-refractivity contribution is -0.304. The molecule has 0 aromatic rings. The van der Waals surface area contributed by atoms with Crippen LogP contribution in [-0.2, 0) is 19.1 Å². The number of rotatable bonds is 6. The maximum absolute atomic E-state index is 9.75. The Balaban J connectivity index is -0.000000224. The fourth-order valence-corrected chi connectivity index (χ4v) is 0.466. The highest BCUT2D eigenvalue weighted by atomic mass is 28.2. The highest BCUT2D eigenvalue weighted by molar-refractivity contribution is 6.31. The van der Waals surface area contributed by atoms with Gasteiger partial charge in [0, 0.05) is 0 Å². The molecule has 0 unspecified atom stereocenters. The van der Waals surface area contributed by atoms with E-state index in [1.165, 1.54) is 0 Å². The van der Waals surface area contributed by atoms with Gasteiger partial charge in [-0.1, -0.05) is 13.2 Å². The predicted octanol–water partition coefficient (Wildman–Crippen LogP) is -0.640. The second kappa shape index (κ2) is 16.2. The van der Waals surface area contributed by atoms with E-state index in [4.69, 9.17) is 0 Å². The van der Waals surface area contributed by atoms with Gasteiger partial charge < -0.3 is 29.3 Å². The van der Waals surface area contributed by atoms with Crippen molar-refractivity contribution in [2.24, 2.45) is 0 Å². The van der Waals surface area contributed by atoms with Crippen LogP contribution >= 0.6 is 0 Å². The van der Waals surface area contributed by atoms with Crippen molar-refractivity contribution in [2.75, 3.05) is 13.2 Å². The number of carbonyl (C=O) groups is 2. The molecule has 108 valence electrons. The summed E-state index contributed by atoms with van der Waals surface area (Å²) in [6.07, 6.45) is 0. The van der Waals surface area contributed by atoms with Gasteiger partial charge in [0.1, 0.15) is 23.5 Å². The fraction of sp³-hybridized carbons (Fsp3) is 0.500. The Labute approximate surface area is 116 Å². The predicted molar refractivity (Wildman–Crippen MR) is 69.0 cm³/mol. The second-order valence-corrected chi connectivity index (χ2v) is 3.79. The van der Waals surface area contributed by atoms with E-state index < -0.39 is 11.9 Å². The molecular weight excluding hydrogens is 268 g/mol. The first-order valence-electron chi connectivity index (χ1n) is 5.42. The van der Waals surface area contributed by atoms with E-state index in [1.807, 2.05) is 0 Å². The quantitative estimate of drug-likeness (QED) is 0.366. The standard InChI is InChI=1S/2C5H8O3.C2H6Si/c2*1-3-8-4(2)5(6)7;1-3-2/h2*2-3H2,1H3,(H,6,7);1-2H3/q;;+2/p-2. The largest absolute Gasteiger partial charge is 0.895 e. The van der Waals surface area contributed by atoms with Crippen molar-refractivity contribution >= 4 is 21.5 Å². The van der Waals surface area contributed by atoms with Crippen molar-refractivity contribution in [3.8, 4) is 0 Å². The highest BCUT2D eigenvalue weighted by Crippen LogP contribution is 1.88. The van der Waals surface area contributed by atoms with Gasteiger partial charge >= 0.3 is 9.52 Å². The molecule has 7 heteroatoms. The Bertz CT molecular complexity index is 260. The van der Waals surface area contributed by atoms with Crippen LogP contribution < -0.4 is 10.2 Å². The Kier molecular flexibility index (Phi) is 19.2. The zero-order valence-corrected chi connectivity index (χ0v) is 12.8. The topological polar surface area (TPSA) is 98.7 Å². The van der Waals surface area contributed by atoms with Crippen molar-refractivity contribution < 1.29 is 29.3 Å². The monoisotopic (exact) mass is 288 g/mol. The van der Waals surface area contributed by atoms with Crippen LogP contribution in [0, 0.1) is 0 Å². The molecule has 0 saturated carbocycles. The number of aliphatic carboxylic acids is 2. The zero-order chi connectivity index (χ0) is 15.8. The van der Waals surface area contributed by atoms with Gasteiger partial charge in [0.2, 0.25) is 13.1 Å². The molecule has 0 heterocycles. The fourth-order valence-electron chi connectivity index (χ4n) is 0.466. The van der Waals surface area contributed by atoms with Gasteiger partial charge in [0.05, 0.1) is 13.2 Å². The summed E-state index contributed by atoms with van der Waals surface area (Å²) in [5.74, 6) is -3.33. The molecule has 0 N–H and O–H groups in total. The number of carbonyl (C=O) groups excluding carboxylic acids is 2. The van der Waals surface area contributed by atoms with Crippen LogP contribution in [0.25, 0.3) is 0 Å². The van der Waals surface area contributed by atoms with Crippen LogP contribution in [0.2, 0.25) is 13.1 Å². The van der Waals surface area contributed by atoms with Crippen LogP contribution in [-0.4, -0.2) is 34.7 Å². The maximum atomic E-state index is 9.75. The summed E-state index contributed by atoms with van der Waals surface area (Å²) >= 11 is 0. The number of carboxylic acid groups (broad SMARTS) is 2. The van der Waals surface area contributed by atoms with Gasteiger partial charge in [-0.15, -0.1) is 0 Å². The van der Waals surface area contributed by atoms with Crippen LogP contribution in [0.15, 0.2) is 24.7 Å². The third-order valence-electron chi connectivity index (χ3n) is 1.09. The smallest absolute Gasteiger partial charge is 0.542 e. The summed E-state index contributed by atoms with van der Waals surface area (Å²) in [5, 5.41) is 19.5. The molecule has 19 heavy (non-hydrogen) atoms. The molecule has 0 radical (unpaired) electrons. The molecule has 0 atom stereocenters. The first-order chi connectivity index (χ1) is 8.78. The Morgan fingerprint density at radius 3 is 1.21 bits per heavy atom. The Hall–Kier alpha value is -1.76. The minimum absolute atomic E-state index is 0.312. The van der Waals surface area contributed by atoms with Gasteiger partial charge in [-0.2, -0.15) is 0 Å². The van der Waals surface area contributed by atoms with E-state index in [-0.39, 0.29) is 11.5 Å². The molecule has 0 aliphatic rings. The second-order valence-electron chi connectivity index (χ2n) is 2.79. The van der Waals surface area contributed by atoms with E-state index >= 15 is 0 Å².